The lowest BCUT2D eigenvalue weighted by Crippen LogP contribution is -2.45. The van der Waals surface area contributed by atoms with Crippen LogP contribution < -0.4 is 20.5 Å². The number of benzene rings is 2. The van der Waals surface area contributed by atoms with Crippen LogP contribution in [0.3, 0.4) is 0 Å². The minimum atomic E-state index is -0.596. The molecule has 1 aromatic heterocycles. The van der Waals surface area contributed by atoms with Crippen molar-refractivity contribution in [1.82, 2.24) is 9.36 Å². The summed E-state index contributed by atoms with van der Waals surface area (Å²) < 4.78 is 14.8. The quantitative estimate of drug-likeness (QED) is 0.478. The molecule has 0 spiro atoms. The van der Waals surface area contributed by atoms with Crippen LogP contribution in [0.15, 0.2) is 48.5 Å². The molecule has 0 aliphatic rings. The monoisotopic (exact) mass is 426 g/mol. The van der Waals surface area contributed by atoms with Crippen molar-refractivity contribution in [1.29, 1.82) is 0 Å². The lowest BCUT2D eigenvalue weighted by Gasteiger charge is -2.22. The molecule has 3 aromatic rings. The summed E-state index contributed by atoms with van der Waals surface area (Å²) in [6, 6.07) is 13.8. The molecule has 2 aromatic carbocycles. The summed E-state index contributed by atoms with van der Waals surface area (Å²) >= 11 is 1.22. The number of nitrogens with two attached hydrogens (primary N) is 1. The van der Waals surface area contributed by atoms with E-state index in [1.165, 1.54) is 11.5 Å². The molecule has 2 unspecified atom stereocenters. The van der Waals surface area contributed by atoms with Gasteiger partial charge in [-0.1, -0.05) is 19.1 Å². The summed E-state index contributed by atoms with van der Waals surface area (Å²) in [7, 11) is 3.23. The second-order valence-corrected chi connectivity index (χ2v) is 7.58. The van der Waals surface area contributed by atoms with Crippen molar-refractivity contribution in [3.05, 3.63) is 65.5 Å². The Morgan fingerprint density at radius 1 is 1.13 bits per heavy atom. The largest absolute Gasteiger partial charge is 0.497 e. The van der Waals surface area contributed by atoms with E-state index in [0.29, 0.717) is 35.1 Å². The molecular weight excluding hydrogens is 400 g/mol. The molecule has 1 heterocycles. The third-order valence-electron chi connectivity index (χ3n) is 4.80. The fourth-order valence-electron chi connectivity index (χ4n) is 3.02. The minimum Gasteiger partial charge on any atom is -0.497 e. The highest BCUT2D eigenvalue weighted by atomic mass is 32.1. The highest BCUT2D eigenvalue weighted by Gasteiger charge is 2.27. The van der Waals surface area contributed by atoms with Gasteiger partial charge in [-0.3, -0.25) is 4.79 Å². The van der Waals surface area contributed by atoms with Gasteiger partial charge in [0.2, 0.25) is 5.13 Å². The van der Waals surface area contributed by atoms with Crippen LogP contribution in [0.2, 0.25) is 0 Å². The Labute approximate surface area is 180 Å². The summed E-state index contributed by atoms with van der Waals surface area (Å²) in [6.07, 6.45) is 1.22. The van der Waals surface area contributed by atoms with E-state index >= 15 is 0 Å². The minimum absolute atomic E-state index is 0.0865. The summed E-state index contributed by atoms with van der Waals surface area (Å²) in [5, 5.41) is 3.77. The maximum atomic E-state index is 13.1. The van der Waals surface area contributed by atoms with Gasteiger partial charge in [-0.25, -0.2) is 4.98 Å². The van der Waals surface area contributed by atoms with Gasteiger partial charge in [-0.05, 0) is 48.4 Å². The number of Topliss-reactive ketones (excluding diaryl/α,β-unsaturated/α-hetero) is 1. The molecule has 7 nitrogen and oxygen atoms in total. The predicted molar refractivity (Wildman–Crippen MR) is 119 cm³/mol. The van der Waals surface area contributed by atoms with Crippen LogP contribution >= 0.6 is 11.5 Å². The van der Waals surface area contributed by atoms with Gasteiger partial charge in [0, 0.05) is 29.6 Å². The molecule has 0 fully saturated rings. The number of anilines is 1. The Kier molecular flexibility index (Phi) is 7.37. The van der Waals surface area contributed by atoms with Crippen molar-refractivity contribution in [2.45, 2.75) is 31.8 Å². The van der Waals surface area contributed by atoms with Crippen LogP contribution in [-0.2, 0) is 6.42 Å². The summed E-state index contributed by atoms with van der Waals surface area (Å²) in [6.45, 7) is 1.95. The van der Waals surface area contributed by atoms with Crippen molar-refractivity contribution in [2.24, 2.45) is 5.73 Å². The van der Waals surface area contributed by atoms with Crippen LogP contribution in [-0.4, -0.2) is 41.4 Å². The standard InChI is InChI=1S/C22H26N4O3S/c1-4-18(23)20(21(27)15-8-10-16(28-2)11-9-15)25-22-24-19(26-30-22)13-14-6-5-7-17(12-14)29-3/h5-12,18,20H,4,13,23H2,1-3H3,(H,24,25,26). The maximum Gasteiger partial charge on any atom is 0.203 e. The Bertz CT molecular complexity index is 975. The summed E-state index contributed by atoms with van der Waals surface area (Å²) in [4.78, 5) is 17.6. The van der Waals surface area contributed by atoms with Crippen molar-refractivity contribution in [2.75, 3.05) is 19.5 Å². The first-order chi connectivity index (χ1) is 14.5. The topological polar surface area (TPSA) is 99.4 Å². The normalized spacial score (nSPS) is 12.8. The molecule has 3 N–H and O–H groups in total. The number of methoxy groups -OCH3 is 2. The third kappa shape index (κ3) is 5.34. The van der Waals surface area contributed by atoms with Gasteiger partial charge in [0.1, 0.15) is 23.4 Å². The SMILES string of the molecule is CCC(N)C(Nc1nc(Cc2cccc(OC)c2)ns1)C(=O)c1ccc(OC)cc1. The first-order valence-corrected chi connectivity index (χ1v) is 10.5. The van der Waals surface area contributed by atoms with Crippen LogP contribution in [0.5, 0.6) is 11.5 Å². The van der Waals surface area contributed by atoms with E-state index in [2.05, 4.69) is 14.7 Å². The fraction of sp³-hybridized carbons (Fsp3) is 0.318. The molecule has 0 radical (unpaired) electrons. The number of nitrogens with one attached hydrogen (secondary N) is 1. The first-order valence-electron chi connectivity index (χ1n) is 9.70. The van der Waals surface area contributed by atoms with Gasteiger partial charge in [0.05, 0.1) is 14.2 Å². The zero-order valence-electron chi connectivity index (χ0n) is 17.3. The van der Waals surface area contributed by atoms with Crippen LogP contribution in [0.1, 0.15) is 35.1 Å². The zero-order valence-corrected chi connectivity index (χ0v) is 18.1. The number of rotatable bonds is 10. The van der Waals surface area contributed by atoms with Crippen molar-refractivity contribution in [3.8, 4) is 11.5 Å². The Morgan fingerprint density at radius 2 is 1.87 bits per heavy atom. The first kappa shape index (κ1) is 21.7. The van der Waals surface area contributed by atoms with Gasteiger partial charge in [0.15, 0.2) is 5.78 Å². The third-order valence-corrected chi connectivity index (χ3v) is 5.48. The smallest absolute Gasteiger partial charge is 0.203 e. The number of hydrogen-bond acceptors (Lipinski definition) is 8. The van der Waals surface area contributed by atoms with Gasteiger partial charge in [-0.15, -0.1) is 0 Å². The fourth-order valence-corrected chi connectivity index (χ4v) is 3.64. The van der Waals surface area contributed by atoms with Gasteiger partial charge in [0.25, 0.3) is 0 Å². The molecule has 0 saturated heterocycles. The Morgan fingerprint density at radius 3 is 2.53 bits per heavy atom. The molecule has 8 heteroatoms. The van der Waals surface area contributed by atoms with E-state index in [1.54, 1.807) is 38.5 Å². The molecule has 0 bridgehead atoms. The second kappa shape index (κ2) is 10.2. The lowest BCUT2D eigenvalue weighted by atomic mass is 9.97. The molecule has 0 amide bonds. The highest BCUT2D eigenvalue weighted by Crippen LogP contribution is 2.21. The van der Waals surface area contributed by atoms with E-state index < -0.39 is 6.04 Å². The van der Waals surface area contributed by atoms with E-state index in [9.17, 15) is 4.79 Å². The van der Waals surface area contributed by atoms with Crippen LogP contribution in [0.25, 0.3) is 0 Å². The van der Waals surface area contributed by atoms with Gasteiger partial charge >= 0.3 is 0 Å². The Hall–Kier alpha value is -2.97. The predicted octanol–water partition coefficient (Wildman–Crippen LogP) is 3.55. The molecule has 0 saturated carbocycles. The number of nitrogens with zero attached hydrogens (tertiary/aromatic N) is 2. The van der Waals surface area contributed by atoms with E-state index in [-0.39, 0.29) is 11.8 Å². The summed E-state index contributed by atoms with van der Waals surface area (Å²) in [5.74, 6) is 2.08. The van der Waals surface area contributed by atoms with E-state index in [4.69, 9.17) is 15.2 Å². The molecule has 158 valence electrons. The second-order valence-electron chi connectivity index (χ2n) is 6.83. The van der Waals surface area contributed by atoms with Gasteiger partial charge < -0.3 is 20.5 Å². The van der Waals surface area contributed by atoms with Crippen LogP contribution in [0, 0.1) is 0 Å². The molecule has 0 aliphatic heterocycles. The molecule has 30 heavy (non-hydrogen) atoms. The number of ketones is 1. The number of ether oxygens (including phenoxy) is 2. The number of carbonyl (C=O) groups excluding carboxylic acids is 1. The number of carbonyl (C=O) groups is 1. The average molecular weight is 427 g/mol. The number of hydrogen-bond donors (Lipinski definition) is 2. The van der Waals surface area contributed by atoms with E-state index in [1.807, 2.05) is 31.2 Å². The average Bonchev–Trinajstić information content (AvgIpc) is 3.23. The van der Waals surface area contributed by atoms with E-state index in [0.717, 1.165) is 11.3 Å². The molecule has 3 rings (SSSR count). The maximum absolute atomic E-state index is 13.1. The lowest BCUT2D eigenvalue weighted by molar-refractivity contribution is 0.0958. The Balaban J connectivity index is 1.74. The number of aromatic nitrogens is 2. The molecular formula is C22H26N4O3S. The zero-order chi connectivity index (χ0) is 21.5. The molecule has 2 atom stereocenters. The summed E-state index contributed by atoms with van der Waals surface area (Å²) in [5.41, 5.74) is 7.87. The van der Waals surface area contributed by atoms with Crippen molar-refractivity contribution >= 4 is 22.4 Å². The van der Waals surface area contributed by atoms with Crippen LogP contribution in [0.4, 0.5) is 5.13 Å². The van der Waals surface area contributed by atoms with Gasteiger partial charge in [-0.2, -0.15) is 4.37 Å². The van der Waals surface area contributed by atoms with Crippen molar-refractivity contribution in [3.63, 3.8) is 0 Å². The highest BCUT2D eigenvalue weighted by molar-refractivity contribution is 7.09. The van der Waals surface area contributed by atoms with Crippen molar-refractivity contribution < 1.29 is 14.3 Å². The molecule has 0 aliphatic carbocycles.